The molecule has 0 fully saturated rings. The molecule has 0 spiro atoms. The van der Waals surface area contributed by atoms with Gasteiger partial charge in [0.25, 0.3) is 0 Å². The minimum atomic E-state index is 0.150. The van der Waals surface area contributed by atoms with Gasteiger partial charge in [-0.25, -0.2) is 0 Å². The smallest absolute Gasteiger partial charge is 0.169 e. The van der Waals surface area contributed by atoms with E-state index >= 15 is 0 Å². The van der Waals surface area contributed by atoms with Crippen LogP contribution in [0.5, 0.6) is 5.75 Å². The van der Waals surface area contributed by atoms with E-state index in [4.69, 9.17) is 4.74 Å². The molecule has 0 saturated carbocycles. The molecule has 1 heterocycles. The number of hydrogen-bond donors (Lipinski definition) is 0. The monoisotopic (exact) mass is 246 g/mol. The molecule has 1 aliphatic carbocycles. The average Bonchev–Trinajstić information content (AvgIpc) is 2.93. The van der Waals surface area contributed by atoms with Gasteiger partial charge in [-0.15, -0.1) is 11.3 Å². The maximum Gasteiger partial charge on any atom is 0.169 e. The van der Waals surface area contributed by atoms with Crippen LogP contribution in [0.1, 0.15) is 34.1 Å². The standard InChI is InChI=1S/C14H14O2S/c1-8(15)13-6-11-9-4-3-5-10(9)12(16-2)7-14(11)17-13/h6-7H,3-5H2,1-2H3. The lowest BCUT2D eigenvalue weighted by Crippen LogP contribution is -1.91. The quantitative estimate of drug-likeness (QED) is 0.757. The summed E-state index contributed by atoms with van der Waals surface area (Å²) in [6.45, 7) is 1.63. The Labute approximate surface area is 104 Å². The van der Waals surface area contributed by atoms with Crippen molar-refractivity contribution in [1.29, 1.82) is 0 Å². The fourth-order valence-corrected chi connectivity index (χ4v) is 3.64. The molecule has 0 aliphatic heterocycles. The van der Waals surface area contributed by atoms with Gasteiger partial charge in [0.05, 0.1) is 12.0 Å². The Kier molecular flexibility index (Phi) is 2.44. The largest absolute Gasteiger partial charge is 0.496 e. The van der Waals surface area contributed by atoms with Crippen molar-refractivity contribution < 1.29 is 9.53 Å². The molecule has 0 amide bonds. The van der Waals surface area contributed by atoms with E-state index in [1.54, 1.807) is 25.4 Å². The van der Waals surface area contributed by atoms with E-state index in [-0.39, 0.29) is 5.78 Å². The van der Waals surface area contributed by atoms with Gasteiger partial charge < -0.3 is 4.74 Å². The van der Waals surface area contributed by atoms with E-state index in [9.17, 15) is 4.79 Å². The van der Waals surface area contributed by atoms with Crippen LogP contribution in [0.25, 0.3) is 10.1 Å². The molecule has 0 atom stereocenters. The molecule has 0 N–H and O–H groups in total. The second-order valence-electron chi connectivity index (χ2n) is 4.47. The second kappa shape index (κ2) is 3.84. The first-order chi connectivity index (χ1) is 8.20. The first-order valence-corrected chi connectivity index (χ1v) is 6.65. The summed E-state index contributed by atoms with van der Waals surface area (Å²) >= 11 is 1.57. The fraction of sp³-hybridized carbons (Fsp3) is 0.357. The summed E-state index contributed by atoms with van der Waals surface area (Å²) in [7, 11) is 1.72. The van der Waals surface area contributed by atoms with Gasteiger partial charge in [-0.05, 0) is 54.8 Å². The molecule has 0 bridgehead atoms. The highest BCUT2D eigenvalue weighted by Crippen LogP contribution is 2.40. The highest BCUT2D eigenvalue weighted by molar-refractivity contribution is 7.20. The molecule has 88 valence electrons. The lowest BCUT2D eigenvalue weighted by Gasteiger charge is -2.07. The predicted octanol–water partition coefficient (Wildman–Crippen LogP) is 3.60. The van der Waals surface area contributed by atoms with E-state index in [1.165, 1.54) is 27.6 Å². The first kappa shape index (κ1) is 10.8. The van der Waals surface area contributed by atoms with Gasteiger partial charge in [-0.1, -0.05) is 0 Å². The molecule has 3 rings (SSSR count). The van der Waals surface area contributed by atoms with Gasteiger partial charge in [-0.2, -0.15) is 0 Å². The zero-order valence-electron chi connectivity index (χ0n) is 10.0. The third kappa shape index (κ3) is 1.57. The van der Waals surface area contributed by atoms with Crippen molar-refractivity contribution in [2.24, 2.45) is 0 Å². The van der Waals surface area contributed by atoms with Crippen molar-refractivity contribution in [2.75, 3.05) is 7.11 Å². The van der Waals surface area contributed by atoms with Crippen LogP contribution < -0.4 is 4.74 Å². The molecular weight excluding hydrogens is 232 g/mol. The Morgan fingerprint density at radius 3 is 2.76 bits per heavy atom. The lowest BCUT2D eigenvalue weighted by molar-refractivity contribution is 0.102. The number of thiophene rings is 1. The maximum atomic E-state index is 11.4. The number of carbonyl (C=O) groups excluding carboxylic acids is 1. The summed E-state index contributed by atoms with van der Waals surface area (Å²) in [5.41, 5.74) is 2.73. The van der Waals surface area contributed by atoms with Crippen LogP contribution in [0.2, 0.25) is 0 Å². The molecule has 1 aromatic heterocycles. The van der Waals surface area contributed by atoms with Crippen molar-refractivity contribution in [3.05, 3.63) is 28.1 Å². The Hall–Kier alpha value is -1.35. The number of ether oxygens (including phenoxy) is 1. The molecule has 0 radical (unpaired) electrons. The van der Waals surface area contributed by atoms with Crippen LogP contribution in [-0.2, 0) is 12.8 Å². The van der Waals surface area contributed by atoms with Gasteiger partial charge >= 0.3 is 0 Å². The number of fused-ring (bicyclic) bond motifs is 3. The van der Waals surface area contributed by atoms with E-state index in [1.807, 2.05) is 6.07 Å². The van der Waals surface area contributed by atoms with Gasteiger partial charge in [0.15, 0.2) is 5.78 Å². The molecular formula is C14H14O2S. The zero-order chi connectivity index (χ0) is 12.0. The molecule has 2 nitrogen and oxygen atoms in total. The molecule has 1 aromatic carbocycles. The Morgan fingerprint density at radius 1 is 1.29 bits per heavy atom. The topological polar surface area (TPSA) is 26.3 Å². The minimum absolute atomic E-state index is 0.150. The Morgan fingerprint density at radius 2 is 2.06 bits per heavy atom. The van der Waals surface area contributed by atoms with Gasteiger partial charge in [0, 0.05) is 4.70 Å². The zero-order valence-corrected chi connectivity index (χ0v) is 10.8. The number of ketones is 1. The number of Topliss-reactive ketones (excluding diaryl/α,β-unsaturated/α-hetero) is 1. The number of rotatable bonds is 2. The summed E-state index contributed by atoms with van der Waals surface area (Å²) in [4.78, 5) is 12.3. The Bertz CT molecular complexity index is 610. The summed E-state index contributed by atoms with van der Waals surface area (Å²) in [5.74, 6) is 1.14. The Balaban J connectivity index is 2.32. The van der Waals surface area contributed by atoms with Crippen molar-refractivity contribution in [3.63, 3.8) is 0 Å². The highest BCUT2D eigenvalue weighted by atomic mass is 32.1. The van der Waals surface area contributed by atoms with Crippen LogP contribution in [0.4, 0.5) is 0 Å². The van der Waals surface area contributed by atoms with Crippen LogP contribution in [0.3, 0.4) is 0 Å². The minimum Gasteiger partial charge on any atom is -0.496 e. The molecule has 2 aromatic rings. The molecule has 0 saturated heterocycles. The van der Waals surface area contributed by atoms with E-state index in [2.05, 4.69) is 6.07 Å². The van der Waals surface area contributed by atoms with Crippen molar-refractivity contribution in [3.8, 4) is 5.75 Å². The van der Waals surface area contributed by atoms with Crippen LogP contribution in [0, 0.1) is 0 Å². The van der Waals surface area contributed by atoms with Gasteiger partial charge in [0.1, 0.15) is 5.75 Å². The predicted molar refractivity (Wildman–Crippen MR) is 70.4 cm³/mol. The molecule has 17 heavy (non-hydrogen) atoms. The molecule has 0 unspecified atom stereocenters. The lowest BCUT2D eigenvalue weighted by atomic mass is 10.0. The van der Waals surface area contributed by atoms with E-state index in [0.717, 1.165) is 23.5 Å². The number of methoxy groups -OCH3 is 1. The number of carbonyl (C=O) groups is 1. The van der Waals surface area contributed by atoms with Crippen LogP contribution >= 0.6 is 11.3 Å². The third-order valence-corrected chi connectivity index (χ3v) is 4.61. The normalized spacial score (nSPS) is 14.0. The average molecular weight is 246 g/mol. The van der Waals surface area contributed by atoms with Crippen molar-refractivity contribution in [2.45, 2.75) is 26.2 Å². The maximum absolute atomic E-state index is 11.4. The van der Waals surface area contributed by atoms with Crippen molar-refractivity contribution >= 4 is 27.2 Å². The van der Waals surface area contributed by atoms with E-state index < -0.39 is 0 Å². The SMILES string of the molecule is COc1cc2sc(C(C)=O)cc2c2c1CCC2. The van der Waals surface area contributed by atoms with E-state index in [0.29, 0.717) is 0 Å². The van der Waals surface area contributed by atoms with Gasteiger partial charge in [-0.3, -0.25) is 4.79 Å². The number of benzene rings is 1. The van der Waals surface area contributed by atoms with Gasteiger partial charge in [0.2, 0.25) is 0 Å². The summed E-state index contributed by atoms with van der Waals surface area (Å²) in [6.07, 6.45) is 3.40. The summed E-state index contributed by atoms with van der Waals surface area (Å²) in [5, 5.41) is 1.26. The van der Waals surface area contributed by atoms with Crippen LogP contribution in [-0.4, -0.2) is 12.9 Å². The molecule has 1 aliphatic rings. The molecule has 3 heteroatoms. The third-order valence-electron chi connectivity index (χ3n) is 3.43. The fourth-order valence-electron chi connectivity index (χ4n) is 2.62. The highest BCUT2D eigenvalue weighted by Gasteiger charge is 2.21. The summed E-state index contributed by atoms with van der Waals surface area (Å²) in [6, 6.07) is 4.13. The second-order valence-corrected chi connectivity index (χ2v) is 5.55. The first-order valence-electron chi connectivity index (χ1n) is 5.84. The summed E-state index contributed by atoms with van der Waals surface area (Å²) < 4.78 is 6.63. The number of hydrogen-bond acceptors (Lipinski definition) is 3. The number of aryl methyl sites for hydroxylation is 1. The van der Waals surface area contributed by atoms with Crippen LogP contribution in [0.15, 0.2) is 12.1 Å². The van der Waals surface area contributed by atoms with Crippen molar-refractivity contribution in [1.82, 2.24) is 0 Å².